The maximum atomic E-state index is 12.6. The van der Waals surface area contributed by atoms with Gasteiger partial charge in [0.1, 0.15) is 6.61 Å². The standard InChI is InChI=1S/C32H31N3O6S/c1-20(40-18-21-9-3-2-4-10-21)29(30(37)38)34-28(36)16-15-22-17-33-31(42-22)35-32(39)41-19-27-25-13-7-5-11-23(25)24-12-6-8-14-26(24)27/h2-14,17,20,27,29H,15-16,18-19H2,1H3,(H,34,36)(H,37,38)(H,33,35,39)/t20-,29+/m1/s1. The number of rotatable bonds is 12. The lowest BCUT2D eigenvalue weighted by atomic mass is 9.98. The molecule has 216 valence electrons. The van der Waals surface area contributed by atoms with Crippen molar-refractivity contribution >= 4 is 34.4 Å². The first-order chi connectivity index (χ1) is 20.4. The maximum absolute atomic E-state index is 12.6. The highest BCUT2D eigenvalue weighted by Gasteiger charge is 2.29. The number of thiazole rings is 1. The van der Waals surface area contributed by atoms with Crippen molar-refractivity contribution < 1.29 is 29.0 Å². The molecular weight excluding hydrogens is 554 g/mol. The minimum absolute atomic E-state index is 0.0467. The number of fused-ring (bicyclic) bond motifs is 3. The summed E-state index contributed by atoms with van der Waals surface area (Å²) in [5, 5.41) is 15.2. The Hall–Kier alpha value is -4.54. The van der Waals surface area contributed by atoms with Gasteiger partial charge in [-0.3, -0.25) is 10.1 Å². The van der Waals surface area contributed by atoms with Gasteiger partial charge in [0.2, 0.25) is 5.91 Å². The number of aliphatic carboxylic acids is 1. The van der Waals surface area contributed by atoms with Gasteiger partial charge in [-0.05, 0) is 41.2 Å². The van der Waals surface area contributed by atoms with Crippen LogP contribution in [0.25, 0.3) is 11.1 Å². The third kappa shape index (κ3) is 7.02. The Bertz CT molecular complexity index is 1510. The summed E-state index contributed by atoms with van der Waals surface area (Å²) < 4.78 is 11.3. The van der Waals surface area contributed by atoms with Crippen LogP contribution in [0, 0.1) is 0 Å². The molecule has 1 heterocycles. The number of hydrogen-bond acceptors (Lipinski definition) is 7. The number of benzene rings is 3. The van der Waals surface area contributed by atoms with Gasteiger partial charge in [0.25, 0.3) is 0 Å². The van der Waals surface area contributed by atoms with Gasteiger partial charge in [-0.2, -0.15) is 0 Å². The van der Waals surface area contributed by atoms with Crippen LogP contribution in [-0.4, -0.2) is 46.8 Å². The molecule has 4 aromatic rings. The summed E-state index contributed by atoms with van der Waals surface area (Å²) in [5.41, 5.74) is 5.47. The van der Waals surface area contributed by atoms with E-state index in [0.717, 1.165) is 32.7 Å². The van der Waals surface area contributed by atoms with Crippen molar-refractivity contribution in [3.05, 3.63) is 107 Å². The summed E-state index contributed by atoms with van der Waals surface area (Å²) in [7, 11) is 0. The molecule has 1 aliphatic rings. The van der Waals surface area contributed by atoms with Crippen LogP contribution in [0.5, 0.6) is 0 Å². The number of carbonyl (C=O) groups excluding carboxylic acids is 2. The van der Waals surface area contributed by atoms with E-state index in [2.05, 4.69) is 39.9 Å². The number of hydrogen-bond donors (Lipinski definition) is 3. The van der Waals surface area contributed by atoms with Crippen molar-refractivity contribution in [3.8, 4) is 11.1 Å². The molecule has 0 saturated carbocycles. The molecule has 2 atom stereocenters. The van der Waals surface area contributed by atoms with Gasteiger partial charge in [0.05, 0.1) is 12.7 Å². The number of anilines is 1. The molecule has 10 heteroatoms. The van der Waals surface area contributed by atoms with Crippen molar-refractivity contribution in [2.75, 3.05) is 11.9 Å². The molecule has 1 aromatic heterocycles. The number of carbonyl (C=O) groups is 3. The molecule has 5 rings (SSSR count). The fraction of sp³-hybridized carbons (Fsp3) is 0.250. The number of carboxylic acid groups (broad SMARTS) is 1. The maximum Gasteiger partial charge on any atom is 0.413 e. The molecule has 0 fully saturated rings. The van der Waals surface area contributed by atoms with E-state index in [9.17, 15) is 19.5 Å². The van der Waals surface area contributed by atoms with Crippen LogP contribution in [0.3, 0.4) is 0 Å². The van der Waals surface area contributed by atoms with E-state index in [4.69, 9.17) is 9.47 Å². The number of carboxylic acids is 1. The molecule has 0 unspecified atom stereocenters. The van der Waals surface area contributed by atoms with Crippen LogP contribution in [-0.2, 0) is 32.1 Å². The zero-order chi connectivity index (χ0) is 29.5. The van der Waals surface area contributed by atoms with Gasteiger partial charge >= 0.3 is 12.1 Å². The SMILES string of the molecule is C[C@@H](OCc1ccccc1)[C@H](NC(=O)CCc1cnc(NC(=O)OCC2c3ccccc3-c3ccccc32)s1)C(=O)O. The minimum atomic E-state index is -1.19. The zero-order valence-electron chi connectivity index (χ0n) is 23.0. The summed E-state index contributed by atoms with van der Waals surface area (Å²) in [6.07, 6.45) is 0.632. The molecule has 0 saturated heterocycles. The van der Waals surface area contributed by atoms with Crippen molar-refractivity contribution in [1.82, 2.24) is 10.3 Å². The normalized spacial score (nSPS) is 13.5. The second kappa shape index (κ2) is 13.4. The summed E-state index contributed by atoms with van der Waals surface area (Å²) in [4.78, 5) is 41.9. The predicted molar refractivity (Wildman–Crippen MR) is 159 cm³/mol. The topological polar surface area (TPSA) is 127 Å². The molecule has 0 aliphatic heterocycles. The number of ether oxygens (including phenoxy) is 2. The van der Waals surface area contributed by atoms with E-state index in [0.29, 0.717) is 11.6 Å². The van der Waals surface area contributed by atoms with E-state index in [1.54, 1.807) is 13.1 Å². The van der Waals surface area contributed by atoms with Crippen molar-refractivity contribution in [2.24, 2.45) is 0 Å². The largest absolute Gasteiger partial charge is 0.480 e. The fourth-order valence-electron chi connectivity index (χ4n) is 4.96. The first kappa shape index (κ1) is 29.0. The van der Waals surface area contributed by atoms with E-state index in [1.165, 1.54) is 11.3 Å². The van der Waals surface area contributed by atoms with Gasteiger partial charge in [-0.1, -0.05) is 78.9 Å². The Labute approximate surface area is 247 Å². The highest BCUT2D eigenvalue weighted by molar-refractivity contribution is 7.15. The highest BCUT2D eigenvalue weighted by Crippen LogP contribution is 2.44. The summed E-state index contributed by atoms with van der Waals surface area (Å²) >= 11 is 1.23. The van der Waals surface area contributed by atoms with Gasteiger partial charge in [0, 0.05) is 23.4 Å². The second-order valence-corrected chi connectivity index (χ2v) is 11.1. The molecular formula is C32H31N3O6S. The average Bonchev–Trinajstić information content (AvgIpc) is 3.58. The summed E-state index contributed by atoms with van der Waals surface area (Å²) in [6, 6.07) is 24.4. The summed E-state index contributed by atoms with van der Waals surface area (Å²) in [6.45, 7) is 2.05. The van der Waals surface area contributed by atoms with Crippen LogP contribution in [0.4, 0.5) is 9.93 Å². The molecule has 1 aliphatic carbocycles. The summed E-state index contributed by atoms with van der Waals surface area (Å²) in [5.74, 6) is -1.64. The molecule has 2 amide bonds. The van der Waals surface area contributed by atoms with E-state index in [1.807, 2.05) is 54.6 Å². The Morgan fingerprint density at radius 2 is 1.60 bits per heavy atom. The zero-order valence-corrected chi connectivity index (χ0v) is 23.8. The van der Waals surface area contributed by atoms with Gasteiger partial charge < -0.3 is 19.9 Å². The first-order valence-corrected chi connectivity index (χ1v) is 14.4. The third-order valence-corrected chi connectivity index (χ3v) is 8.08. The van der Waals surface area contributed by atoms with Gasteiger partial charge in [0.15, 0.2) is 11.2 Å². The lowest BCUT2D eigenvalue weighted by Crippen LogP contribution is -2.48. The monoisotopic (exact) mass is 585 g/mol. The average molecular weight is 586 g/mol. The first-order valence-electron chi connectivity index (χ1n) is 13.6. The van der Waals surface area contributed by atoms with Crippen molar-refractivity contribution in [1.29, 1.82) is 0 Å². The highest BCUT2D eigenvalue weighted by atomic mass is 32.1. The van der Waals surface area contributed by atoms with Crippen molar-refractivity contribution in [2.45, 2.75) is 44.4 Å². The number of aromatic nitrogens is 1. The van der Waals surface area contributed by atoms with E-state index in [-0.39, 0.29) is 25.6 Å². The molecule has 0 radical (unpaired) electrons. The number of aryl methyl sites for hydroxylation is 1. The minimum Gasteiger partial charge on any atom is -0.480 e. The van der Waals surface area contributed by atoms with Crippen LogP contribution >= 0.6 is 11.3 Å². The molecule has 0 spiro atoms. The number of nitrogens with one attached hydrogen (secondary N) is 2. The number of amides is 2. The van der Waals surface area contributed by atoms with Crippen LogP contribution < -0.4 is 10.6 Å². The second-order valence-electron chi connectivity index (χ2n) is 9.97. The Morgan fingerprint density at radius 1 is 0.952 bits per heavy atom. The molecule has 0 bridgehead atoms. The molecule has 3 aromatic carbocycles. The van der Waals surface area contributed by atoms with Crippen molar-refractivity contribution in [3.63, 3.8) is 0 Å². The number of nitrogens with zero attached hydrogens (tertiary/aromatic N) is 1. The van der Waals surface area contributed by atoms with E-state index >= 15 is 0 Å². The van der Waals surface area contributed by atoms with Crippen LogP contribution in [0.2, 0.25) is 0 Å². The Kier molecular flexibility index (Phi) is 9.25. The lowest BCUT2D eigenvalue weighted by Gasteiger charge is -2.22. The molecule has 42 heavy (non-hydrogen) atoms. The molecule has 3 N–H and O–H groups in total. The van der Waals surface area contributed by atoms with Crippen LogP contribution in [0.15, 0.2) is 85.1 Å². The Balaban J connectivity index is 1.08. The smallest absolute Gasteiger partial charge is 0.413 e. The van der Waals surface area contributed by atoms with Crippen LogP contribution in [0.1, 0.15) is 40.8 Å². The van der Waals surface area contributed by atoms with Gasteiger partial charge in [-0.15, -0.1) is 11.3 Å². The lowest BCUT2D eigenvalue weighted by molar-refractivity contribution is -0.146. The third-order valence-electron chi connectivity index (χ3n) is 7.11. The predicted octanol–water partition coefficient (Wildman–Crippen LogP) is 5.61. The molecule has 9 nitrogen and oxygen atoms in total. The van der Waals surface area contributed by atoms with E-state index < -0.39 is 30.1 Å². The fourth-order valence-corrected chi connectivity index (χ4v) is 5.76. The van der Waals surface area contributed by atoms with Gasteiger partial charge in [-0.25, -0.2) is 14.6 Å². The Morgan fingerprint density at radius 3 is 2.26 bits per heavy atom. The quantitative estimate of drug-likeness (QED) is 0.197.